The van der Waals surface area contributed by atoms with Gasteiger partial charge >= 0.3 is 12.3 Å². The van der Waals surface area contributed by atoms with E-state index in [1.165, 1.54) is 4.90 Å². The van der Waals surface area contributed by atoms with Crippen LogP contribution in [0.1, 0.15) is 18.4 Å². The lowest BCUT2D eigenvalue weighted by Gasteiger charge is -2.22. The number of carbonyl (C=O) groups excluding carboxylic acids is 1. The Bertz CT molecular complexity index is 432. The summed E-state index contributed by atoms with van der Waals surface area (Å²) in [6.45, 7) is -1.34. The second-order valence-electron chi connectivity index (χ2n) is 4.39. The first-order chi connectivity index (χ1) is 8.96. The van der Waals surface area contributed by atoms with Crippen molar-refractivity contribution < 1.29 is 22.7 Å². The van der Waals surface area contributed by atoms with Crippen LogP contribution in [0.4, 0.5) is 18.0 Å². The summed E-state index contributed by atoms with van der Waals surface area (Å²) in [5.41, 5.74) is 0.762. The van der Waals surface area contributed by atoms with Crippen molar-refractivity contribution in [2.75, 3.05) is 6.61 Å². The van der Waals surface area contributed by atoms with E-state index >= 15 is 0 Å². The van der Waals surface area contributed by atoms with Gasteiger partial charge in [-0.25, -0.2) is 4.79 Å². The molecule has 1 amide bonds. The van der Waals surface area contributed by atoms with Gasteiger partial charge in [-0.1, -0.05) is 6.07 Å². The minimum absolute atomic E-state index is 0.0269. The fraction of sp³-hybridized carbons (Fsp3) is 0.500. The highest BCUT2D eigenvalue weighted by molar-refractivity contribution is 5.68. The molecule has 0 bridgehead atoms. The average molecular weight is 274 g/mol. The molecule has 0 radical (unpaired) electrons. The fourth-order valence-electron chi connectivity index (χ4n) is 1.64. The molecule has 7 heteroatoms. The Hall–Kier alpha value is -1.79. The van der Waals surface area contributed by atoms with Gasteiger partial charge in [0, 0.05) is 18.4 Å². The number of pyridine rings is 1. The number of carbonyl (C=O) groups is 1. The second-order valence-corrected chi connectivity index (χ2v) is 4.39. The van der Waals surface area contributed by atoms with Crippen molar-refractivity contribution in [3.05, 3.63) is 30.1 Å². The number of amides is 1. The molecular formula is C12H13F3N2O2. The number of hydrogen-bond acceptors (Lipinski definition) is 3. The van der Waals surface area contributed by atoms with Crippen LogP contribution in [0.3, 0.4) is 0 Å². The SMILES string of the molecule is O=C(OCC(F)(F)F)N(Cc1cccnc1)C1CC1. The Morgan fingerprint density at radius 2 is 2.21 bits per heavy atom. The van der Waals surface area contributed by atoms with E-state index in [0.29, 0.717) is 0 Å². The molecule has 19 heavy (non-hydrogen) atoms. The maximum Gasteiger partial charge on any atom is 0.422 e. The number of ether oxygens (including phenoxy) is 1. The molecule has 4 nitrogen and oxygen atoms in total. The molecule has 1 fully saturated rings. The third kappa shape index (κ3) is 4.42. The summed E-state index contributed by atoms with van der Waals surface area (Å²) in [4.78, 5) is 16.9. The predicted molar refractivity (Wildman–Crippen MR) is 60.2 cm³/mol. The minimum Gasteiger partial charge on any atom is -0.440 e. The van der Waals surface area contributed by atoms with Crippen molar-refractivity contribution in [2.45, 2.75) is 31.6 Å². The monoisotopic (exact) mass is 274 g/mol. The van der Waals surface area contributed by atoms with Crippen molar-refractivity contribution in [3.63, 3.8) is 0 Å². The molecule has 1 aromatic rings. The molecule has 1 aliphatic carbocycles. The van der Waals surface area contributed by atoms with Crippen LogP contribution < -0.4 is 0 Å². The molecule has 1 aliphatic rings. The van der Waals surface area contributed by atoms with Gasteiger partial charge in [-0.05, 0) is 24.5 Å². The van der Waals surface area contributed by atoms with E-state index in [1.807, 2.05) is 0 Å². The van der Waals surface area contributed by atoms with E-state index < -0.39 is 18.9 Å². The van der Waals surface area contributed by atoms with E-state index in [0.717, 1.165) is 18.4 Å². The van der Waals surface area contributed by atoms with Crippen LogP contribution in [0.5, 0.6) is 0 Å². The van der Waals surface area contributed by atoms with E-state index in [4.69, 9.17) is 0 Å². The Balaban J connectivity index is 1.94. The van der Waals surface area contributed by atoms with E-state index in [1.54, 1.807) is 24.5 Å². The fourth-order valence-corrected chi connectivity index (χ4v) is 1.64. The van der Waals surface area contributed by atoms with Crippen molar-refractivity contribution in [1.82, 2.24) is 9.88 Å². The molecule has 0 atom stereocenters. The highest BCUT2D eigenvalue weighted by Crippen LogP contribution is 2.29. The first kappa shape index (κ1) is 13.6. The van der Waals surface area contributed by atoms with Gasteiger partial charge in [0.15, 0.2) is 6.61 Å². The number of aromatic nitrogens is 1. The highest BCUT2D eigenvalue weighted by Gasteiger charge is 2.36. The van der Waals surface area contributed by atoms with Gasteiger partial charge in [-0.2, -0.15) is 13.2 Å². The zero-order valence-electron chi connectivity index (χ0n) is 10.1. The number of alkyl halides is 3. The Labute approximate surface area is 108 Å². The van der Waals surface area contributed by atoms with Crippen LogP contribution in [0.25, 0.3) is 0 Å². The summed E-state index contributed by atoms with van der Waals surface area (Å²) in [7, 11) is 0. The summed E-state index contributed by atoms with van der Waals surface area (Å²) < 4.78 is 40.3. The van der Waals surface area contributed by atoms with Gasteiger partial charge in [-0.15, -0.1) is 0 Å². The summed E-state index contributed by atoms with van der Waals surface area (Å²) in [5.74, 6) is 0. The summed E-state index contributed by atoms with van der Waals surface area (Å²) in [5, 5.41) is 0. The third-order valence-electron chi connectivity index (χ3n) is 2.66. The number of hydrogen-bond donors (Lipinski definition) is 0. The number of halogens is 3. The van der Waals surface area contributed by atoms with Crippen molar-refractivity contribution in [3.8, 4) is 0 Å². The molecule has 0 spiro atoms. The maximum absolute atomic E-state index is 12.0. The number of nitrogens with zero attached hydrogens (tertiary/aromatic N) is 2. The van der Waals surface area contributed by atoms with Crippen molar-refractivity contribution in [1.29, 1.82) is 0 Å². The van der Waals surface area contributed by atoms with Crippen molar-refractivity contribution >= 4 is 6.09 Å². The van der Waals surface area contributed by atoms with Gasteiger partial charge in [0.25, 0.3) is 0 Å². The molecule has 1 heterocycles. The summed E-state index contributed by atoms with van der Waals surface area (Å²) in [6.07, 6.45) is -0.676. The quantitative estimate of drug-likeness (QED) is 0.847. The molecule has 0 N–H and O–H groups in total. The van der Waals surface area contributed by atoms with E-state index in [-0.39, 0.29) is 12.6 Å². The first-order valence-electron chi connectivity index (χ1n) is 5.85. The predicted octanol–water partition coefficient (Wildman–Crippen LogP) is 2.74. The van der Waals surface area contributed by atoms with Crippen LogP contribution in [0.2, 0.25) is 0 Å². The standard InChI is InChI=1S/C12H13F3N2O2/c13-12(14,15)8-19-11(18)17(10-3-4-10)7-9-2-1-5-16-6-9/h1-2,5-6,10H,3-4,7-8H2. The topological polar surface area (TPSA) is 42.4 Å². The summed E-state index contributed by atoms with van der Waals surface area (Å²) >= 11 is 0. The lowest BCUT2D eigenvalue weighted by molar-refractivity contribution is -0.162. The molecule has 2 rings (SSSR count). The molecule has 0 aromatic carbocycles. The maximum atomic E-state index is 12.0. The zero-order chi connectivity index (χ0) is 13.9. The highest BCUT2D eigenvalue weighted by atomic mass is 19.4. The molecule has 1 aromatic heterocycles. The van der Waals surface area contributed by atoms with Crippen LogP contribution in [0, 0.1) is 0 Å². The smallest absolute Gasteiger partial charge is 0.422 e. The lowest BCUT2D eigenvalue weighted by atomic mass is 10.2. The Morgan fingerprint density at radius 1 is 1.47 bits per heavy atom. The van der Waals surface area contributed by atoms with Gasteiger partial charge < -0.3 is 9.64 Å². The van der Waals surface area contributed by atoms with Gasteiger partial charge in [-0.3, -0.25) is 4.98 Å². The van der Waals surface area contributed by atoms with Crippen LogP contribution in [-0.4, -0.2) is 34.8 Å². The molecule has 0 aliphatic heterocycles. The molecule has 0 unspecified atom stereocenters. The van der Waals surface area contributed by atoms with Crippen molar-refractivity contribution in [2.24, 2.45) is 0 Å². The minimum atomic E-state index is -4.50. The number of rotatable bonds is 4. The van der Waals surface area contributed by atoms with E-state index in [2.05, 4.69) is 9.72 Å². The van der Waals surface area contributed by atoms with Crippen LogP contribution >= 0.6 is 0 Å². The first-order valence-corrected chi connectivity index (χ1v) is 5.85. The zero-order valence-corrected chi connectivity index (χ0v) is 10.1. The third-order valence-corrected chi connectivity index (χ3v) is 2.66. The molecule has 1 saturated carbocycles. The Kier molecular flexibility index (Phi) is 3.92. The molecule has 104 valence electrons. The van der Waals surface area contributed by atoms with Crippen LogP contribution in [0.15, 0.2) is 24.5 Å². The van der Waals surface area contributed by atoms with Gasteiger partial charge in [0.05, 0.1) is 6.54 Å². The average Bonchev–Trinajstić information content (AvgIpc) is 3.18. The van der Waals surface area contributed by atoms with Gasteiger partial charge in [0.1, 0.15) is 0 Å². The van der Waals surface area contributed by atoms with E-state index in [9.17, 15) is 18.0 Å². The molecular weight excluding hydrogens is 261 g/mol. The largest absolute Gasteiger partial charge is 0.440 e. The molecule has 0 saturated heterocycles. The Morgan fingerprint density at radius 3 is 2.74 bits per heavy atom. The van der Waals surface area contributed by atoms with Gasteiger partial charge in [0.2, 0.25) is 0 Å². The van der Waals surface area contributed by atoms with Crippen LogP contribution in [-0.2, 0) is 11.3 Å². The normalized spacial score (nSPS) is 15.1. The second kappa shape index (κ2) is 5.46. The lowest BCUT2D eigenvalue weighted by Crippen LogP contribution is -2.35. The summed E-state index contributed by atoms with van der Waals surface area (Å²) in [6, 6.07) is 3.45.